The molecule has 0 aromatic heterocycles. The second kappa shape index (κ2) is 6.16. The van der Waals surface area contributed by atoms with Gasteiger partial charge in [-0.25, -0.2) is 4.79 Å². The van der Waals surface area contributed by atoms with Crippen molar-refractivity contribution >= 4 is 34.6 Å². The van der Waals surface area contributed by atoms with Crippen LogP contribution in [0.1, 0.15) is 11.1 Å². The molecule has 0 aliphatic heterocycles. The maximum absolute atomic E-state index is 11.9. The molecule has 2 aromatic rings. The van der Waals surface area contributed by atoms with E-state index in [2.05, 4.69) is 10.6 Å². The zero-order valence-corrected chi connectivity index (χ0v) is 11.8. The van der Waals surface area contributed by atoms with Gasteiger partial charge in [-0.2, -0.15) is 0 Å². The number of benzene rings is 2. The number of carbonyl (C=O) groups excluding carboxylic acids is 1. The lowest BCUT2D eigenvalue weighted by molar-refractivity contribution is 0.262. The molecule has 0 aliphatic carbocycles. The molecule has 5 heteroatoms. The number of aryl methyl sites for hydroxylation is 1. The number of rotatable bonds is 3. The lowest BCUT2D eigenvalue weighted by Crippen LogP contribution is -2.22. The Morgan fingerprint density at radius 3 is 2.35 bits per heavy atom. The molecule has 2 amide bonds. The van der Waals surface area contributed by atoms with Crippen molar-refractivity contribution in [3.05, 3.63) is 59.7 Å². The Labute approximate surface area is 123 Å². The van der Waals surface area contributed by atoms with Gasteiger partial charge in [-0.1, -0.05) is 42.0 Å². The van der Waals surface area contributed by atoms with Gasteiger partial charge in [0, 0.05) is 11.3 Å². The summed E-state index contributed by atoms with van der Waals surface area (Å²) in [5.41, 5.74) is 8.70. The zero-order valence-electron chi connectivity index (χ0n) is 11.0. The highest BCUT2D eigenvalue weighted by atomic mass is 32.1. The van der Waals surface area contributed by atoms with E-state index >= 15 is 0 Å². The highest BCUT2D eigenvalue weighted by molar-refractivity contribution is 7.80. The SMILES string of the molecule is Cc1ccc(NC(=O)Nc2ccccc2C(N)=S)cc1. The van der Waals surface area contributed by atoms with Crippen molar-refractivity contribution in [1.82, 2.24) is 0 Å². The molecular formula is C15H15N3OS. The molecule has 0 saturated carbocycles. The van der Waals surface area contributed by atoms with Crippen molar-refractivity contribution in [2.75, 3.05) is 10.6 Å². The van der Waals surface area contributed by atoms with Gasteiger partial charge in [0.2, 0.25) is 0 Å². The smallest absolute Gasteiger partial charge is 0.323 e. The van der Waals surface area contributed by atoms with Crippen molar-refractivity contribution in [2.24, 2.45) is 5.73 Å². The topological polar surface area (TPSA) is 67.2 Å². The molecule has 0 aliphatic rings. The maximum atomic E-state index is 11.9. The molecular weight excluding hydrogens is 270 g/mol. The summed E-state index contributed by atoms with van der Waals surface area (Å²) < 4.78 is 0. The van der Waals surface area contributed by atoms with E-state index < -0.39 is 0 Å². The van der Waals surface area contributed by atoms with Gasteiger partial charge < -0.3 is 16.4 Å². The van der Waals surface area contributed by atoms with Gasteiger partial charge in [-0.3, -0.25) is 0 Å². The molecule has 0 bridgehead atoms. The number of nitrogens with two attached hydrogens (primary N) is 1. The van der Waals surface area contributed by atoms with Crippen LogP contribution < -0.4 is 16.4 Å². The average molecular weight is 285 g/mol. The largest absolute Gasteiger partial charge is 0.389 e. The fraction of sp³-hybridized carbons (Fsp3) is 0.0667. The molecule has 2 rings (SSSR count). The molecule has 4 N–H and O–H groups in total. The lowest BCUT2D eigenvalue weighted by Gasteiger charge is -2.11. The van der Waals surface area contributed by atoms with Crippen LogP contribution in [0.4, 0.5) is 16.2 Å². The second-order valence-corrected chi connectivity index (χ2v) is 4.79. The van der Waals surface area contributed by atoms with E-state index in [0.717, 1.165) is 11.3 Å². The normalized spacial score (nSPS) is 9.85. The van der Waals surface area contributed by atoms with Crippen LogP contribution in [0.5, 0.6) is 0 Å². The number of amides is 2. The first-order chi connectivity index (χ1) is 9.56. The maximum Gasteiger partial charge on any atom is 0.323 e. The minimum absolute atomic E-state index is 0.247. The van der Waals surface area contributed by atoms with E-state index in [1.54, 1.807) is 12.1 Å². The first-order valence-corrected chi connectivity index (χ1v) is 6.50. The summed E-state index contributed by atoms with van der Waals surface area (Å²) in [6, 6.07) is 14.4. The third kappa shape index (κ3) is 3.55. The highest BCUT2D eigenvalue weighted by Gasteiger charge is 2.08. The third-order valence-electron chi connectivity index (χ3n) is 2.75. The number of para-hydroxylation sites is 1. The highest BCUT2D eigenvalue weighted by Crippen LogP contribution is 2.15. The molecule has 20 heavy (non-hydrogen) atoms. The predicted octanol–water partition coefficient (Wildman–Crippen LogP) is 3.27. The molecule has 2 aromatic carbocycles. The van der Waals surface area contributed by atoms with Crippen molar-refractivity contribution < 1.29 is 4.79 Å². The quantitative estimate of drug-likeness (QED) is 0.758. The van der Waals surface area contributed by atoms with Crippen LogP contribution >= 0.6 is 12.2 Å². The van der Waals surface area contributed by atoms with Crippen molar-refractivity contribution in [2.45, 2.75) is 6.92 Å². The zero-order chi connectivity index (χ0) is 14.5. The van der Waals surface area contributed by atoms with E-state index in [4.69, 9.17) is 18.0 Å². The monoisotopic (exact) mass is 285 g/mol. The van der Waals surface area contributed by atoms with Gasteiger partial charge >= 0.3 is 6.03 Å². The summed E-state index contributed by atoms with van der Waals surface area (Å²) in [5.74, 6) is 0. The van der Waals surface area contributed by atoms with Crippen molar-refractivity contribution in [3.8, 4) is 0 Å². The number of hydrogen-bond donors (Lipinski definition) is 3. The molecule has 0 heterocycles. The fourth-order valence-electron chi connectivity index (χ4n) is 1.73. The van der Waals surface area contributed by atoms with Gasteiger partial charge in [0.1, 0.15) is 4.99 Å². The Balaban J connectivity index is 2.08. The number of urea groups is 1. The molecule has 0 radical (unpaired) electrons. The van der Waals surface area contributed by atoms with Crippen LogP contribution in [0, 0.1) is 6.92 Å². The Morgan fingerprint density at radius 1 is 1.05 bits per heavy atom. The van der Waals surface area contributed by atoms with Crippen LogP contribution in [-0.2, 0) is 0 Å². The average Bonchev–Trinajstić information content (AvgIpc) is 2.41. The summed E-state index contributed by atoms with van der Waals surface area (Å²) in [6.45, 7) is 1.99. The van der Waals surface area contributed by atoms with E-state index in [9.17, 15) is 4.79 Å². The minimum Gasteiger partial charge on any atom is -0.389 e. The van der Waals surface area contributed by atoms with E-state index in [1.807, 2.05) is 43.3 Å². The summed E-state index contributed by atoms with van der Waals surface area (Å²) in [6.07, 6.45) is 0. The van der Waals surface area contributed by atoms with E-state index in [1.165, 1.54) is 0 Å². The van der Waals surface area contributed by atoms with E-state index in [-0.39, 0.29) is 11.0 Å². The second-order valence-electron chi connectivity index (χ2n) is 4.35. The van der Waals surface area contributed by atoms with Crippen molar-refractivity contribution in [1.29, 1.82) is 0 Å². The van der Waals surface area contributed by atoms with Gasteiger partial charge in [0.05, 0.1) is 5.69 Å². The Kier molecular flexibility index (Phi) is 4.32. The number of thiocarbonyl (C=S) groups is 1. The minimum atomic E-state index is -0.336. The standard InChI is InChI=1S/C15H15N3OS/c1-10-6-8-11(9-7-10)17-15(19)18-13-5-3-2-4-12(13)14(16)20/h2-9H,1H3,(H2,16,20)(H2,17,18,19). The molecule has 4 nitrogen and oxygen atoms in total. The van der Waals surface area contributed by atoms with Gasteiger partial charge in [0.15, 0.2) is 0 Å². The molecule has 0 fully saturated rings. The number of anilines is 2. The van der Waals surface area contributed by atoms with Crippen LogP contribution in [0.25, 0.3) is 0 Å². The summed E-state index contributed by atoms with van der Waals surface area (Å²) >= 11 is 4.95. The van der Waals surface area contributed by atoms with Crippen LogP contribution in [0.15, 0.2) is 48.5 Å². The molecule has 102 valence electrons. The van der Waals surface area contributed by atoms with Crippen molar-refractivity contribution in [3.63, 3.8) is 0 Å². The first kappa shape index (κ1) is 14.0. The summed E-state index contributed by atoms with van der Waals surface area (Å²) in [5, 5.41) is 5.49. The van der Waals surface area contributed by atoms with Crippen LogP contribution in [0.2, 0.25) is 0 Å². The van der Waals surface area contributed by atoms with E-state index in [0.29, 0.717) is 11.3 Å². The Morgan fingerprint density at radius 2 is 1.70 bits per heavy atom. The molecule has 0 saturated heterocycles. The lowest BCUT2D eigenvalue weighted by atomic mass is 10.2. The number of hydrogen-bond acceptors (Lipinski definition) is 2. The van der Waals surface area contributed by atoms with Gasteiger partial charge in [0.25, 0.3) is 0 Å². The van der Waals surface area contributed by atoms with Gasteiger partial charge in [-0.15, -0.1) is 0 Å². The number of nitrogens with one attached hydrogen (secondary N) is 2. The Bertz CT molecular complexity index is 638. The first-order valence-electron chi connectivity index (χ1n) is 6.10. The summed E-state index contributed by atoms with van der Waals surface area (Å²) in [7, 11) is 0. The fourth-order valence-corrected chi connectivity index (χ4v) is 1.91. The molecule has 0 unspecified atom stereocenters. The predicted molar refractivity (Wildman–Crippen MR) is 86.1 cm³/mol. The molecule has 0 atom stereocenters. The Hall–Kier alpha value is -2.40. The molecule has 0 spiro atoms. The summed E-state index contributed by atoms with van der Waals surface area (Å²) in [4.78, 5) is 12.2. The third-order valence-corrected chi connectivity index (χ3v) is 2.97. The van der Waals surface area contributed by atoms with Crippen LogP contribution in [-0.4, -0.2) is 11.0 Å². The van der Waals surface area contributed by atoms with Crippen LogP contribution in [0.3, 0.4) is 0 Å². The van der Waals surface area contributed by atoms with Gasteiger partial charge in [-0.05, 0) is 31.2 Å². The number of carbonyl (C=O) groups is 1.